The number of carbonyl (C=O) groups is 1. The molecule has 0 unspecified atom stereocenters. The van der Waals surface area contributed by atoms with Gasteiger partial charge in [-0.3, -0.25) is 4.79 Å². The van der Waals surface area contributed by atoms with Gasteiger partial charge >= 0.3 is 0 Å². The molecule has 1 aromatic rings. The van der Waals surface area contributed by atoms with Crippen molar-refractivity contribution in [3.63, 3.8) is 0 Å². The molecule has 1 aliphatic carbocycles. The first-order chi connectivity index (χ1) is 7.54. The summed E-state index contributed by atoms with van der Waals surface area (Å²) in [6.07, 6.45) is 3.13. The first kappa shape index (κ1) is 11.0. The minimum absolute atomic E-state index is 0.141. The monoisotopic (exact) mass is 235 g/mol. The number of nitrogens with one attached hydrogen (secondary N) is 1. The molecule has 1 fully saturated rings. The highest BCUT2D eigenvalue weighted by Gasteiger charge is 2.52. The van der Waals surface area contributed by atoms with Crippen LogP contribution in [-0.4, -0.2) is 15.9 Å². The zero-order valence-electron chi connectivity index (χ0n) is 8.99. The van der Waals surface area contributed by atoms with Crippen LogP contribution in [0.1, 0.15) is 18.4 Å². The first-order valence-electron chi connectivity index (χ1n) is 5.09. The number of rotatable bonds is 3. The maximum Gasteiger partial charge on any atom is 0.238 e. The van der Waals surface area contributed by atoms with Crippen molar-refractivity contribution in [3.8, 4) is 0 Å². The quantitative estimate of drug-likeness (QED) is 0.777. The maximum absolute atomic E-state index is 11.9. The molecule has 84 valence electrons. The summed E-state index contributed by atoms with van der Waals surface area (Å²) < 4.78 is 0. The Bertz CT molecular complexity index is 454. The smallest absolute Gasteiger partial charge is 0.238 e. The third kappa shape index (κ3) is 1.90. The van der Waals surface area contributed by atoms with Crippen LogP contribution in [0.4, 0.5) is 5.82 Å². The van der Waals surface area contributed by atoms with Crippen LogP contribution in [0, 0.1) is 12.3 Å². The Labute approximate surface area is 99.2 Å². The van der Waals surface area contributed by atoms with Crippen molar-refractivity contribution in [2.45, 2.75) is 19.8 Å². The second kappa shape index (κ2) is 3.83. The Hall–Kier alpha value is -1.49. The van der Waals surface area contributed by atoms with Crippen molar-refractivity contribution >= 4 is 28.9 Å². The average Bonchev–Trinajstić information content (AvgIpc) is 2.97. The van der Waals surface area contributed by atoms with Crippen molar-refractivity contribution < 1.29 is 4.79 Å². The van der Waals surface area contributed by atoms with Gasteiger partial charge in [0, 0.05) is 6.20 Å². The van der Waals surface area contributed by atoms with E-state index in [9.17, 15) is 4.79 Å². The number of amides is 1. The molecule has 0 saturated heterocycles. The van der Waals surface area contributed by atoms with E-state index in [0.29, 0.717) is 5.82 Å². The number of aryl methyl sites for hydroxylation is 1. The Balaban J connectivity index is 2.11. The van der Waals surface area contributed by atoms with Crippen molar-refractivity contribution in [1.82, 2.24) is 4.98 Å². The minimum Gasteiger partial charge on any atom is -0.392 e. The Morgan fingerprint density at radius 3 is 2.81 bits per heavy atom. The SMILES string of the molecule is Cc1ccnc(NC(=O)C2(C(N)=S)CC2)c1. The van der Waals surface area contributed by atoms with Gasteiger partial charge in [-0.05, 0) is 37.5 Å². The molecule has 0 bridgehead atoms. The highest BCUT2D eigenvalue weighted by molar-refractivity contribution is 7.80. The van der Waals surface area contributed by atoms with Crippen LogP contribution in [0.3, 0.4) is 0 Å². The van der Waals surface area contributed by atoms with Crippen LogP contribution < -0.4 is 11.1 Å². The predicted octanol–water partition coefficient (Wildman–Crippen LogP) is 1.39. The number of hydrogen-bond donors (Lipinski definition) is 2. The normalized spacial score (nSPS) is 16.6. The van der Waals surface area contributed by atoms with Crippen molar-refractivity contribution in [1.29, 1.82) is 0 Å². The summed E-state index contributed by atoms with van der Waals surface area (Å²) in [5.41, 5.74) is 5.99. The minimum atomic E-state index is -0.624. The summed E-state index contributed by atoms with van der Waals surface area (Å²) >= 11 is 4.91. The molecule has 1 heterocycles. The third-order valence-corrected chi connectivity index (χ3v) is 3.20. The highest BCUT2D eigenvalue weighted by Crippen LogP contribution is 2.46. The van der Waals surface area contributed by atoms with E-state index < -0.39 is 5.41 Å². The largest absolute Gasteiger partial charge is 0.392 e. The lowest BCUT2D eigenvalue weighted by molar-refractivity contribution is -0.118. The number of pyridine rings is 1. The summed E-state index contributed by atoms with van der Waals surface area (Å²) in [6.45, 7) is 1.94. The lowest BCUT2D eigenvalue weighted by Gasteiger charge is -2.13. The number of nitrogens with two attached hydrogens (primary N) is 1. The molecule has 4 nitrogen and oxygen atoms in total. The molecule has 2 rings (SSSR count). The van der Waals surface area contributed by atoms with Gasteiger partial charge in [0.25, 0.3) is 0 Å². The van der Waals surface area contributed by atoms with Crippen molar-refractivity contribution in [2.75, 3.05) is 5.32 Å². The molecular weight excluding hydrogens is 222 g/mol. The van der Waals surface area contributed by atoms with Crippen LogP contribution in [0.5, 0.6) is 0 Å². The van der Waals surface area contributed by atoms with Gasteiger partial charge in [-0.15, -0.1) is 0 Å². The number of aromatic nitrogens is 1. The number of nitrogens with zero attached hydrogens (tertiary/aromatic N) is 1. The summed E-state index contributed by atoms with van der Waals surface area (Å²) in [4.78, 5) is 16.3. The number of hydrogen-bond acceptors (Lipinski definition) is 3. The van der Waals surface area contributed by atoms with Crippen LogP contribution in [-0.2, 0) is 4.79 Å². The first-order valence-corrected chi connectivity index (χ1v) is 5.49. The summed E-state index contributed by atoms with van der Waals surface area (Å²) in [7, 11) is 0. The van der Waals surface area contributed by atoms with Gasteiger partial charge < -0.3 is 11.1 Å². The molecule has 0 radical (unpaired) electrons. The van der Waals surface area contributed by atoms with Crippen LogP contribution >= 0.6 is 12.2 Å². The molecule has 1 aromatic heterocycles. The van der Waals surface area contributed by atoms with Crippen molar-refractivity contribution in [2.24, 2.45) is 11.1 Å². The Morgan fingerprint density at radius 1 is 1.62 bits per heavy atom. The van der Waals surface area contributed by atoms with Gasteiger partial charge in [0.05, 0.1) is 10.4 Å². The fourth-order valence-electron chi connectivity index (χ4n) is 1.55. The van der Waals surface area contributed by atoms with Gasteiger partial charge in [0.1, 0.15) is 5.82 Å². The molecule has 16 heavy (non-hydrogen) atoms. The highest BCUT2D eigenvalue weighted by atomic mass is 32.1. The number of anilines is 1. The van der Waals surface area contributed by atoms with Gasteiger partial charge in [-0.2, -0.15) is 0 Å². The van der Waals surface area contributed by atoms with E-state index in [4.69, 9.17) is 18.0 Å². The topological polar surface area (TPSA) is 68.0 Å². The number of thiocarbonyl (C=S) groups is 1. The zero-order valence-corrected chi connectivity index (χ0v) is 9.80. The van der Waals surface area contributed by atoms with E-state index in [-0.39, 0.29) is 10.9 Å². The molecule has 1 saturated carbocycles. The molecule has 1 amide bonds. The lowest BCUT2D eigenvalue weighted by Crippen LogP contribution is -2.35. The van der Waals surface area contributed by atoms with E-state index in [1.54, 1.807) is 6.20 Å². The Kier molecular flexibility index (Phi) is 2.63. The molecule has 0 aromatic carbocycles. The average molecular weight is 235 g/mol. The van der Waals surface area contributed by atoms with E-state index in [1.807, 2.05) is 19.1 Å². The summed E-state index contributed by atoms with van der Waals surface area (Å²) in [6, 6.07) is 3.68. The van der Waals surface area contributed by atoms with Gasteiger partial charge in [-0.1, -0.05) is 12.2 Å². The molecule has 0 atom stereocenters. The van der Waals surface area contributed by atoms with Gasteiger partial charge in [0.15, 0.2) is 0 Å². The predicted molar refractivity (Wildman–Crippen MR) is 66.1 cm³/mol. The molecule has 3 N–H and O–H groups in total. The van der Waals surface area contributed by atoms with Crippen LogP contribution in [0.15, 0.2) is 18.3 Å². The maximum atomic E-state index is 11.9. The summed E-state index contributed by atoms with van der Waals surface area (Å²) in [5, 5.41) is 2.75. The van der Waals surface area contributed by atoms with E-state index in [1.165, 1.54) is 0 Å². The van der Waals surface area contributed by atoms with Gasteiger partial charge in [0.2, 0.25) is 5.91 Å². The second-order valence-electron chi connectivity index (χ2n) is 4.12. The van der Waals surface area contributed by atoms with Crippen LogP contribution in [0.2, 0.25) is 0 Å². The molecular formula is C11H13N3OS. The van der Waals surface area contributed by atoms with Gasteiger partial charge in [-0.25, -0.2) is 4.98 Å². The lowest BCUT2D eigenvalue weighted by atomic mass is 10.1. The third-order valence-electron chi connectivity index (χ3n) is 2.81. The second-order valence-corrected chi connectivity index (χ2v) is 4.56. The number of carbonyl (C=O) groups excluding carboxylic acids is 1. The van der Waals surface area contributed by atoms with Crippen molar-refractivity contribution in [3.05, 3.63) is 23.9 Å². The zero-order chi connectivity index (χ0) is 11.8. The Morgan fingerprint density at radius 2 is 2.31 bits per heavy atom. The van der Waals surface area contributed by atoms with E-state index in [0.717, 1.165) is 18.4 Å². The summed E-state index contributed by atoms with van der Waals surface area (Å²) in [5.74, 6) is 0.408. The molecule has 0 spiro atoms. The van der Waals surface area contributed by atoms with Crippen LogP contribution in [0.25, 0.3) is 0 Å². The molecule has 5 heteroatoms. The standard InChI is InChI=1S/C11H13N3OS/c1-7-2-5-13-8(6-7)14-10(15)11(3-4-11)9(12)16/h2,5-6H,3-4H2,1H3,(H2,12,16)(H,13,14,15). The van der Waals surface area contributed by atoms with E-state index >= 15 is 0 Å². The fraction of sp³-hybridized carbons (Fsp3) is 0.364. The molecule has 1 aliphatic rings. The van der Waals surface area contributed by atoms with E-state index in [2.05, 4.69) is 10.3 Å². The fourth-order valence-corrected chi connectivity index (χ4v) is 1.85. The molecule has 0 aliphatic heterocycles.